The van der Waals surface area contributed by atoms with Gasteiger partial charge < -0.3 is 0 Å². The Morgan fingerprint density at radius 2 is 1.95 bits per heavy atom. The summed E-state index contributed by atoms with van der Waals surface area (Å²) < 4.78 is 15.4. The molecule has 4 nitrogen and oxygen atoms in total. The molecule has 0 saturated heterocycles. The number of H-pyrrole nitrogens is 1. The summed E-state index contributed by atoms with van der Waals surface area (Å²) in [6.07, 6.45) is 5.32. The maximum Gasteiger partial charge on any atom is 0.276 e. The van der Waals surface area contributed by atoms with Crippen LogP contribution in [0.5, 0.6) is 0 Å². The van der Waals surface area contributed by atoms with Crippen LogP contribution >= 0.6 is 0 Å². The van der Waals surface area contributed by atoms with Crippen LogP contribution in [0.3, 0.4) is 0 Å². The van der Waals surface area contributed by atoms with E-state index in [1.807, 2.05) is 0 Å². The van der Waals surface area contributed by atoms with Crippen LogP contribution < -0.4 is 5.56 Å². The fourth-order valence-corrected chi connectivity index (χ4v) is 3.02. The summed E-state index contributed by atoms with van der Waals surface area (Å²) >= 11 is 0. The van der Waals surface area contributed by atoms with Gasteiger partial charge in [-0.1, -0.05) is 18.2 Å². The predicted octanol–water partition coefficient (Wildman–Crippen LogP) is 2.71. The van der Waals surface area contributed by atoms with Gasteiger partial charge in [-0.25, -0.2) is 13.9 Å². The number of nitrogens with zero attached hydrogens (tertiary/aromatic N) is 2. The first-order valence-corrected chi connectivity index (χ1v) is 7.12. The number of halogens is 1. The maximum atomic E-state index is 14.0. The first-order chi connectivity index (χ1) is 10.3. The van der Waals surface area contributed by atoms with Gasteiger partial charge in [-0.15, -0.1) is 0 Å². The second kappa shape index (κ2) is 4.55. The molecular formula is C16H14FN3O. The lowest BCUT2D eigenvalue weighted by Gasteiger charge is -2.13. The van der Waals surface area contributed by atoms with Crippen molar-refractivity contribution >= 4 is 5.65 Å². The smallest absolute Gasteiger partial charge is 0.276 e. The molecule has 0 radical (unpaired) electrons. The normalized spacial score (nSPS) is 14.3. The number of aromatic nitrogens is 3. The zero-order chi connectivity index (χ0) is 14.4. The third-order valence-electron chi connectivity index (χ3n) is 4.10. The number of fused-ring (bicyclic) bond motifs is 2. The van der Waals surface area contributed by atoms with Crippen LogP contribution in [-0.2, 0) is 12.8 Å². The van der Waals surface area contributed by atoms with Gasteiger partial charge in [-0.2, -0.15) is 0 Å². The monoisotopic (exact) mass is 283 g/mol. The van der Waals surface area contributed by atoms with Gasteiger partial charge in [-0.3, -0.25) is 9.89 Å². The summed E-state index contributed by atoms with van der Waals surface area (Å²) in [7, 11) is 0. The fraction of sp³-hybridized carbons (Fsp3) is 0.250. The molecule has 0 unspecified atom stereocenters. The number of rotatable bonds is 1. The fourth-order valence-electron chi connectivity index (χ4n) is 3.02. The Morgan fingerprint density at radius 3 is 2.81 bits per heavy atom. The number of aryl methyl sites for hydroxylation is 1. The van der Waals surface area contributed by atoms with Gasteiger partial charge in [0.1, 0.15) is 5.82 Å². The molecule has 0 aliphatic heterocycles. The van der Waals surface area contributed by atoms with Crippen LogP contribution in [0, 0.1) is 5.82 Å². The van der Waals surface area contributed by atoms with Crippen LogP contribution in [0.15, 0.2) is 35.3 Å². The molecule has 21 heavy (non-hydrogen) atoms. The molecule has 0 bridgehead atoms. The molecule has 0 atom stereocenters. The predicted molar refractivity (Wildman–Crippen MR) is 77.8 cm³/mol. The molecule has 1 N–H and O–H groups in total. The first kappa shape index (κ1) is 12.3. The molecule has 0 saturated carbocycles. The van der Waals surface area contributed by atoms with E-state index < -0.39 is 0 Å². The summed E-state index contributed by atoms with van der Waals surface area (Å²) in [5, 5.41) is 2.91. The van der Waals surface area contributed by atoms with Gasteiger partial charge in [-0.05, 0) is 31.7 Å². The van der Waals surface area contributed by atoms with Gasteiger partial charge in [0.25, 0.3) is 5.56 Å². The Labute approximate surface area is 120 Å². The Kier molecular flexibility index (Phi) is 2.67. The average Bonchev–Trinajstić information content (AvgIpc) is 2.92. The highest BCUT2D eigenvalue weighted by Crippen LogP contribution is 2.26. The van der Waals surface area contributed by atoms with Crippen LogP contribution in [0.1, 0.15) is 24.1 Å². The minimum atomic E-state index is -0.314. The second-order valence-electron chi connectivity index (χ2n) is 5.38. The van der Waals surface area contributed by atoms with Crippen molar-refractivity contribution in [2.24, 2.45) is 0 Å². The molecule has 2 heterocycles. The molecule has 0 spiro atoms. The Bertz CT molecular complexity index is 894. The van der Waals surface area contributed by atoms with E-state index in [1.165, 1.54) is 10.6 Å². The molecule has 106 valence electrons. The largest absolute Gasteiger partial charge is 0.296 e. The van der Waals surface area contributed by atoms with E-state index in [2.05, 4.69) is 10.1 Å². The maximum absolute atomic E-state index is 14.0. The van der Waals surface area contributed by atoms with Crippen LogP contribution in [0.4, 0.5) is 4.39 Å². The third-order valence-corrected chi connectivity index (χ3v) is 4.10. The topological polar surface area (TPSA) is 50.2 Å². The van der Waals surface area contributed by atoms with Gasteiger partial charge in [0, 0.05) is 22.9 Å². The van der Waals surface area contributed by atoms with Crippen LogP contribution in [-0.4, -0.2) is 14.6 Å². The van der Waals surface area contributed by atoms with Crippen molar-refractivity contribution in [3.63, 3.8) is 0 Å². The van der Waals surface area contributed by atoms with Crippen LogP contribution in [0.2, 0.25) is 0 Å². The minimum absolute atomic E-state index is 0.0581. The highest BCUT2D eigenvalue weighted by Gasteiger charge is 2.20. The molecular weight excluding hydrogens is 269 g/mol. The average molecular weight is 283 g/mol. The zero-order valence-electron chi connectivity index (χ0n) is 11.4. The highest BCUT2D eigenvalue weighted by atomic mass is 19.1. The molecule has 5 heteroatoms. The minimum Gasteiger partial charge on any atom is -0.296 e. The molecule has 1 aromatic carbocycles. The number of nitrogens with one attached hydrogen (secondary N) is 1. The molecule has 3 aromatic rings. The van der Waals surface area contributed by atoms with Gasteiger partial charge in [0.05, 0.1) is 5.69 Å². The summed E-state index contributed by atoms with van der Waals surface area (Å²) in [4.78, 5) is 17.1. The SMILES string of the molecule is O=c1c2c(nc3c(-c4ccccc4F)c[nH]n13)CCCC2. The van der Waals surface area contributed by atoms with E-state index in [1.54, 1.807) is 24.4 Å². The van der Waals surface area contributed by atoms with Crippen LogP contribution in [0.25, 0.3) is 16.8 Å². The summed E-state index contributed by atoms with van der Waals surface area (Å²) in [6, 6.07) is 6.53. The van der Waals surface area contributed by atoms with E-state index >= 15 is 0 Å². The lowest BCUT2D eigenvalue weighted by molar-refractivity contribution is 0.631. The Balaban J connectivity index is 2.03. The summed E-state index contributed by atoms with van der Waals surface area (Å²) in [5.41, 5.74) is 3.18. The number of hydrogen-bond acceptors (Lipinski definition) is 2. The standard InChI is InChI=1S/C16H14FN3O/c17-13-7-3-1-5-10(13)12-9-18-20-15(12)19-14-8-4-2-6-11(14)16(20)21/h1,3,5,7,9,18H,2,4,6,8H2. The van der Waals surface area contributed by atoms with Gasteiger partial charge in [0.2, 0.25) is 0 Å². The molecule has 1 aliphatic carbocycles. The van der Waals surface area contributed by atoms with E-state index in [4.69, 9.17) is 0 Å². The second-order valence-corrected chi connectivity index (χ2v) is 5.38. The molecule has 0 fully saturated rings. The molecule has 1 aliphatic rings. The quantitative estimate of drug-likeness (QED) is 0.746. The van der Waals surface area contributed by atoms with E-state index in [-0.39, 0.29) is 11.4 Å². The Hall–Kier alpha value is -2.43. The van der Waals surface area contributed by atoms with Crippen molar-refractivity contribution in [2.75, 3.05) is 0 Å². The van der Waals surface area contributed by atoms with E-state index in [9.17, 15) is 9.18 Å². The lowest BCUT2D eigenvalue weighted by atomic mass is 9.97. The molecule has 0 amide bonds. The molecule has 4 rings (SSSR count). The van der Waals surface area contributed by atoms with Crippen molar-refractivity contribution in [1.82, 2.24) is 14.6 Å². The zero-order valence-corrected chi connectivity index (χ0v) is 11.4. The summed E-state index contributed by atoms with van der Waals surface area (Å²) in [5.74, 6) is -0.314. The summed E-state index contributed by atoms with van der Waals surface area (Å²) in [6.45, 7) is 0. The first-order valence-electron chi connectivity index (χ1n) is 7.12. The van der Waals surface area contributed by atoms with Crippen molar-refractivity contribution in [3.05, 3.63) is 57.9 Å². The third kappa shape index (κ3) is 1.81. The van der Waals surface area contributed by atoms with E-state index in [0.717, 1.165) is 36.9 Å². The van der Waals surface area contributed by atoms with E-state index in [0.29, 0.717) is 16.8 Å². The van der Waals surface area contributed by atoms with Crippen molar-refractivity contribution < 1.29 is 4.39 Å². The number of benzene rings is 1. The number of aromatic amines is 1. The van der Waals surface area contributed by atoms with Crippen molar-refractivity contribution in [1.29, 1.82) is 0 Å². The molecule has 2 aromatic heterocycles. The highest BCUT2D eigenvalue weighted by molar-refractivity contribution is 5.77. The lowest BCUT2D eigenvalue weighted by Crippen LogP contribution is -2.24. The van der Waals surface area contributed by atoms with Crippen molar-refractivity contribution in [2.45, 2.75) is 25.7 Å². The number of hydrogen-bond donors (Lipinski definition) is 1. The van der Waals surface area contributed by atoms with Gasteiger partial charge >= 0.3 is 0 Å². The van der Waals surface area contributed by atoms with Crippen molar-refractivity contribution in [3.8, 4) is 11.1 Å². The Morgan fingerprint density at radius 1 is 1.14 bits per heavy atom. The van der Waals surface area contributed by atoms with Gasteiger partial charge in [0.15, 0.2) is 5.65 Å².